The Kier molecular flexibility index (Phi) is 6.96. The van der Waals surface area contributed by atoms with Gasteiger partial charge in [0.2, 0.25) is 5.91 Å². The number of carbonyl (C=O) groups is 1. The van der Waals surface area contributed by atoms with Gasteiger partial charge in [-0.05, 0) is 81.0 Å². The highest BCUT2D eigenvalue weighted by molar-refractivity contribution is 5.95. The lowest BCUT2D eigenvalue weighted by molar-refractivity contribution is -0.117. The van der Waals surface area contributed by atoms with Gasteiger partial charge in [0.25, 0.3) is 0 Å². The van der Waals surface area contributed by atoms with E-state index in [2.05, 4.69) is 45.3 Å². The Hall–Kier alpha value is -3.75. The molecule has 0 spiro atoms. The summed E-state index contributed by atoms with van der Waals surface area (Å²) in [5, 5.41) is 9.36. The molecular weight excluding hydrogens is 510 g/mol. The molecule has 4 aromatic rings. The molecule has 41 heavy (non-hydrogen) atoms. The van der Waals surface area contributed by atoms with Gasteiger partial charge in [0.05, 0.1) is 11.4 Å². The number of fused-ring (bicyclic) bond motifs is 1. The highest BCUT2D eigenvalue weighted by Crippen LogP contribution is 2.48. The number of aromatic nitrogens is 3. The summed E-state index contributed by atoms with van der Waals surface area (Å²) in [7, 11) is 2.22. The number of nitrogens with two attached hydrogens (primary N) is 1. The van der Waals surface area contributed by atoms with Gasteiger partial charge < -0.3 is 16.0 Å². The van der Waals surface area contributed by atoms with E-state index in [0.29, 0.717) is 23.7 Å². The maximum Gasteiger partial charge on any atom is 0.228 e. The molecule has 3 heterocycles. The summed E-state index contributed by atoms with van der Waals surface area (Å²) in [4.78, 5) is 22.4. The zero-order valence-corrected chi connectivity index (χ0v) is 23.7. The van der Waals surface area contributed by atoms with Crippen molar-refractivity contribution in [1.29, 1.82) is 0 Å². The van der Waals surface area contributed by atoms with Gasteiger partial charge in [0.1, 0.15) is 11.3 Å². The fourth-order valence-electron chi connectivity index (χ4n) is 6.98. The third-order valence-electron chi connectivity index (χ3n) is 9.52. The number of nitrogen functional groups attached to an aromatic ring is 1. The molecule has 8 nitrogen and oxygen atoms in total. The number of hydrogen-bond donors (Lipinski definition) is 2. The number of amides is 1. The van der Waals surface area contributed by atoms with E-state index in [-0.39, 0.29) is 11.8 Å². The Bertz CT molecular complexity index is 1520. The molecule has 2 atom stereocenters. The summed E-state index contributed by atoms with van der Waals surface area (Å²) < 4.78 is 1.94. The predicted octanol–water partition coefficient (Wildman–Crippen LogP) is 5.02. The van der Waals surface area contributed by atoms with E-state index < -0.39 is 0 Å². The summed E-state index contributed by atoms with van der Waals surface area (Å²) >= 11 is 0. The Labute approximate surface area is 241 Å². The lowest BCUT2D eigenvalue weighted by Gasteiger charge is -2.41. The molecule has 2 aromatic heterocycles. The van der Waals surface area contributed by atoms with Crippen LogP contribution in [0.4, 0.5) is 11.5 Å². The SMILES string of the molecule is CN1CCN(C2CCC(c3nn(-c4ccc(NC(=O)C5CC5c5ccccc5)cc4)c4c(N)nccc34)CC2)CC1. The van der Waals surface area contributed by atoms with Gasteiger partial charge in [0.15, 0.2) is 0 Å². The Morgan fingerprint density at radius 3 is 2.39 bits per heavy atom. The molecule has 3 aliphatic rings. The van der Waals surface area contributed by atoms with Gasteiger partial charge in [-0.1, -0.05) is 30.3 Å². The number of benzene rings is 2. The zero-order valence-electron chi connectivity index (χ0n) is 23.7. The first kappa shape index (κ1) is 26.2. The molecule has 1 amide bonds. The Balaban J connectivity index is 1.06. The fourth-order valence-corrected chi connectivity index (χ4v) is 6.98. The van der Waals surface area contributed by atoms with Crippen LogP contribution in [-0.2, 0) is 4.79 Å². The monoisotopic (exact) mass is 549 g/mol. The molecule has 2 aliphatic carbocycles. The van der Waals surface area contributed by atoms with E-state index in [1.54, 1.807) is 6.20 Å². The second-order valence-electron chi connectivity index (χ2n) is 12.1. The molecule has 1 aliphatic heterocycles. The molecule has 3 N–H and O–H groups in total. The van der Waals surface area contributed by atoms with Crippen LogP contribution < -0.4 is 11.1 Å². The summed E-state index contributed by atoms with van der Waals surface area (Å²) in [6.07, 6.45) is 7.40. The van der Waals surface area contributed by atoms with Crippen molar-refractivity contribution < 1.29 is 4.79 Å². The van der Waals surface area contributed by atoms with Gasteiger partial charge in [-0.2, -0.15) is 5.10 Å². The van der Waals surface area contributed by atoms with E-state index in [0.717, 1.165) is 47.2 Å². The van der Waals surface area contributed by atoms with Crippen molar-refractivity contribution in [3.63, 3.8) is 0 Å². The number of nitrogens with zero attached hydrogens (tertiary/aromatic N) is 5. The van der Waals surface area contributed by atoms with E-state index in [1.165, 1.54) is 44.6 Å². The molecule has 2 saturated carbocycles. The molecule has 0 bridgehead atoms. The molecule has 1 saturated heterocycles. The normalized spacial score (nSPS) is 25.3. The molecule has 7 rings (SSSR count). The number of anilines is 2. The van der Waals surface area contributed by atoms with Crippen molar-refractivity contribution in [1.82, 2.24) is 24.6 Å². The van der Waals surface area contributed by atoms with Crippen LogP contribution in [0, 0.1) is 5.92 Å². The van der Waals surface area contributed by atoms with E-state index in [9.17, 15) is 4.79 Å². The predicted molar refractivity (Wildman–Crippen MR) is 163 cm³/mol. The maximum atomic E-state index is 12.9. The second kappa shape index (κ2) is 10.9. The Morgan fingerprint density at radius 2 is 1.66 bits per heavy atom. The number of rotatable bonds is 6. The third kappa shape index (κ3) is 5.22. The quantitative estimate of drug-likeness (QED) is 0.351. The molecule has 2 aromatic carbocycles. The van der Waals surface area contributed by atoms with Crippen LogP contribution in [0.1, 0.15) is 55.2 Å². The molecular formula is C33H39N7O. The molecule has 3 fully saturated rings. The van der Waals surface area contributed by atoms with Gasteiger partial charge in [-0.25, -0.2) is 9.67 Å². The molecule has 212 valence electrons. The van der Waals surface area contributed by atoms with Gasteiger partial charge in [-0.15, -0.1) is 0 Å². The molecule has 8 heteroatoms. The minimum Gasteiger partial charge on any atom is -0.382 e. The second-order valence-corrected chi connectivity index (χ2v) is 12.1. The number of likely N-dealkylation sites (N-methyl/N-ethyl adjacent to an activating group) is 1. The average molecular weight is 550 g/mol. The summed E-state index contributed by atoms with van der Waals surface area (Å²) in [5.74, 6) is 1.34. The number of hydrogen-bond acceptors (Lipinski definition) is 6. The number of piperazine rings is 1. The lowest BCUT2D eigenvalue weighted by Crippen LogP contribution is -2.49. The topological polar surface area (TPSA) is 92.3 Å². The van der Waals surface area contributed by atoms with Gasteiger partial charge >= 0.3 is 0 Å². The van der Waals surface area contributed by atoms with Crippen molar-refractivity contribution in [3.8, 4) is 5.69 Å². The average Bonchev–Trinajstić information content (AvgIpc) is 3.72. The van der Waals surface area contributed by atoms with Crippen LogP contribution >= 0.6 is 0 Å². The minimum absolute atomic E-state index is 0.0342. The molecule has 2 unspecified atom stereocenters. The Morgan fingerprint density at radius 1 is 0.927 bits per heavy atom. The van der Waals surface area contributed by atoms with Crippen LogP contribution in [0.25, 0.3) is 16.6 Å². The summed E-state index contributed by atoms with van der Waals surface area (Å²) in [6.45, 7) is 4.68. The summed E-state index contributed by atoms with van der Waals surface area (Å²) in [5.41, 5.74) is 11.4. The van der Waals surface area contributed by atoms with Crippen LogP contribution in [0.2, 0.25) is 0 Å². The van der Waals surface area contributed by atoms with Gasteiger partial charge in [0, 0.05) is 61.3 Å². The van der Waals surface area contributed by atoms with Crippen molar-refractivity contribution in [3.05, 3.63) is 78.1 Å². The van der Waals surface area contributed by atoms with Crippen molar-refractivity contribution >= 4 is 28.3 Å². The van der Waals surface area contributed by atoms with E-state index in [4.69, 9.17) is 10.8 Å². The largest absolute Gasteiger partial charge is 0.382 e. The maximum absolute atomic E-state index is 12.9. The van der Waals surface area contributed by atoms with Gasteiger partial charge in [-0.3, -0.25) is 9.69 Å². The first-order valence-corrected chi connectivity index (χ1v) is 15.1. The van der Waals surface area contributed by atoms with Crippen molar-refractivity contribution in [2.75, 3.05) is 44.3 Å². The number of pyridine rings is 1. The van der Waals surface area contributed by atoms with Crippen molar-refractivity contribution in [2.24, 2.45) is 5.92 Å². The fraction of sp³-hybridized carbons (Fsp3) is 0.424. The van der Waals surface area contributed by atoms with Crippen molar-refractivity contribution in [2.45, 2.75) is 50.0 Å². The highest BCUT2D eigenvalue weighted by Gasteiger charge is 2.43. The number of nitrogens with one attached hydrogen (secondary N) is 1. The lowest BCUT2D eigenvalue weighted by atomic mass is 9.82. The summed E-state index contributed by atoms with van der Waals surface area (Å²) in [6, 6.07) is 21.0. The van der Waals surface area contributed by atoms with Crippen LogP contribution in [-0.4, -0.2) is 69.7 Å². The highest BCUT2D eigenvalue weighted by atomic mass is 16.2. The smallest absolute Gasteiger partial charge is 0.228 e. The first-order chi connectivity index (χ1) is 20.0. The zero-order chi connectivity index (χ0) is 27.9. The van der Waals surface area contributed by atoms with Crippen LogP contribution in [0.3, 0.4) is 0 Å². The minimum atomic E-state index is 0.0342. The van der Waals surface area contributed by atoms with E-state index >= 15 is 0 Å². The first-order valence-electron chi connectivity index (χ1n) is 15.1. The number of carbonyl (C=O) groups excluding carboxylic acids is 1. The van der Waals surface area contributed by atoms with Crippen LogP contribution in [0.5, 0.6) is 0 Å². The van der Waals surface area contributed by atoms with Crippen LogP contribution in [0.15, 0.2) is 66.9 Å². The standard InChI is InChI=1S/C33H39N7O/c1-38-17-19-39(20-18-38)25-11-7-23(8-12-25)30-27-15-16-35-32(34)31(27)40(37-30)26-13-9-24(10-14-26)36-33(41)29-21-28(29)22-5-3-2-4-6-22/h2-6,9-10,13-16,23,25,28-29H,7-8,11-12,17-21H2,1H3,(H2,34,35)(H,36,41). The third-order valence-corrected chi connectivity index (χ3v) is 9.52. The molecule has 0 radical (unpaired) electrons. The van der Waals surface area contributed by atoms with E-state index in [1.807, 2.05) is 47.1 Å².